The van der Waals surface area contributed by atoms with Crippen molar-refractivity contribution in [2.75, 3.05) is 5.32 Å². The third-order valence-electron chi connectivity index (χ3n) is 3.34. The minimum atomic E-state index is -0.0521. The van der Waals surface area contributed by atoms with Crippen molar-refractivity contribution >= 4 is 28.1 Å². The molecule has 0 bridgehead atoms. The number of pyridine rings is 1. The summed E-state index contributed by atoms with van der Waals surface area (Å²) in [5.41, 5.74) is 2.50. The Balaban J connectivity index is 1.85. The molecule has 5 nitrogen and oxygen atoms in total. The molecule has 2 heterocycles. The molecule has 0 amide bonds. The summed E-state index contributed by atoms with van der Waals surface area (Å²) in [5.74, 6) is 1.02. The van der Waals surface area contributed by atoms with Crippen LogP contribution in [0.25, 0.3) is 0 Å². The quantitative estimate of drug-likeness (QED) is 0.676. The first-order chi connectivity index (χ1) is 11.6. The number of carbonyl (C=O) groups excluding carboxylic acids is 1. The second-order valence-electron chi connectivity index (χ2n) is 5.32. The average Bonchev–Trinajstić information content (AvgIpc) is 2.99. The zero-order chi connectivity index (χ0) is 16.9. The zero-order valence-electron chi connectivity index (χ0n) is 13.4. The van der Waals surface area contributed by atoms with Crippen LogP contribution >= 0.6 is 11.3 Å². The highest BCUT2D eigenvalue weighted by Crippen LogP contribution is 2.29. The fourth-order valence-corrected chi connectivity index (χ4v) is 2.78. The Kier molecular flexibility index (Phi) is 4.86. The molecule has 0 atom stereocenters. The number of aromatic nitrogens is 2. The van der Waals surface area contributed by atoms with Crippen LogP contribution in [0, 0.1) is 6.92 Å². The van der Waals surface area contributed by atoms with Gasteiger partial charge in [-0.1, -0.05) is 30.3 Å². The fraction of sp³-hybridized carbons (Fsp3) is 0.167. The largest absolute Gasteiger partial charge is 0.485 e. The number of anilines is 2. The molecular formula is C18H17N3O2S. The minimum Gasteiger partial charge on any atom is -0.485 e. The highest BCUT2D eigenvalue weighted by Gasteiger charge is 2.12. The SMILES string of the molecule is CC(=O)c1cnc(Nc2nc(C)cs2)c(OCc2ccccc2)c1. The summed E-state index contributed by atoms with van der Waals surface area (Å²) >= 11 is 1.49. The lowest BCUT2D eigenvalue weighted by Gasteiger charge is -2.12. The van der Waals surface area contributed by atoms with Gasteiger partial charge in [-0.15, -0.1) is 11.3 Å². The number of carbonyl (C=O) groups is 1. The van der Waals surface area contributed by atoms with Crippen molar-refractivity contribution in [3.05, 3.63) is 64.8 Å². The van der Waals surface area contributed by atoms with E-state index in [2.05, 4.69) is 15.3 Å². The first kappa shape index (κ1) is 16.1. The first-order valence-corrected chi connectivity index (χ1v) is 8.36. The maximum Gasteiger partial charge on any atom is 0.188 e. The lowest BCUT2D eigenvalue weighted by Crippen LogP contribution is -2.03. The first-order valence-electron chi connectivity index (χ1n) is 7.48. The molecule has 0 aliphatic heterocycles. The van der Waals surface area contributed by atoms with Crippen LogP contribution in [0.2, 0.25) is 0 Å². The predicted molar refractivity (Wildman–Crippen MR) is 95.1 cm³/mol. The molecule has 0 aliphatic rings. The number of rotatable bonds is 6. The number of aryl methyl sites for hydroxylation is 1. The van der Waals surface area contributed by atoms with Crippen molar-refractivity contribution in [1.82, 2.24) is 9.97 Å². The molecule has 2 aromatic heterocycles. The number of hydrogen-bond acceptors (Lipinski definition) is 6. The Labute approximate surface area is 144 Å². The van der Waals surface area contributed by atoms with Crippen molar-refractivity contribution in [3.63, 3.8) is 0 Å². The highest BCUT2D eigenvalue weighted by atomic mass is 32.1. The van der Waals surface area contributed by atoms with Crippen molar-refractivity contribution < 1.29 is 9.53 Å². The summed E-state index contributed by atoms with van der Waals surface area (Å²) in [4.78, 5) is 20.3. The molecule has 3 rings (SSSR count). The van der Waals surface area contributed by atoms with Crippen molar-refractivity contribution in [1.29, 1.82) is 0 Å². The van der Waals surface area contributed by atoms with Gasteiger partial charge in [-0.2, -0.15) is 0 Å². The molecule has 0 aliphatic carbocycles. The van der Waals surface area contributed by atoms with Gasteiger partial charge in [-0.25, -0.2) is 9.97 Å². The van der Waals surface area contributed by atoms with Crippen LogP contribution < -0.4 is 10.1 Å². The molecule has 24 heavy (non-hydrogen) atoms. The third-order valence-corrected chi connectivity index (χ3v) is 4.22. The summed E-state index contributed by atoms with van der Waals surface area (Å²) in [6, 6.07) is 11.6. The van der Waals surface area contributed by atoms with Gasteiger partial charge >= 0.3 is 0 Å². The van der Waals surface area contributed by atoms with Gasteiger partial charge in [0.25, 0.3) is 0 Å². The molecule has 1 aromatic carbocycles. The van der Waals surface area contributed by atoms with Gasteiger partial charge in [0.2, 0.25) is 0 Å². The highest BCUT2D eigenvalue weighted by molar-refractivity contribution is 7.13. The smallest absolute Gasteiger partial charge is 0.188 e. The number of ether oxygens (including phenoxy) is 1. The molecule has 0 fully saturated rings. The van der Waals surface area contributed by atoms with Crippen molar-refractivity contribution in [2.24, 2.45) is 0 Å². The molecule has 1 N–H and O–H groups in total. The van der Waals surface area contributed by atoms with E-state index in [0.29, 0.717) is 23.7 Å². The predicted octanol–water partition coefficient (Wildman–Crippen LogP) is 4.37. The summed E-state index contributed by atoms with van der Waals surface area (Å²) in [6.45, 7) is 3.84. The Bertz CT molecular complexity index is 846. The third kappa shape index (κ3) is 3.97. The maximum absolute atomic E-state index is 11.6. The van der Waals surface area contributed by atoms with E-state index in [9.17, 15) is 4.79 Å². The van der Waals surface area contributed by atoms with E-state index in [1.165, 1.54) is 18.3 Å². The summed E-state index contributed by atoms with van der Waals surface area (Å²) in [6.07, 6.45) is 1.54. The van der Waals surface area contributed by atoms with Gasteiger partial charge < -0.3 is 10.1 Å². The minimum absolute atomic E-state index is 0.0521. The Morgan fingerprint density at radius 2 is 2.08 bits per heavy atom. The van der Waals surface area contributed by atoms with E-state index in [1.54, 1.807) is 12.3 Å². The van der Waals surface area contributed by atoms with Gasteiger partial charge in [0.1, 0.15) is 6.61 Å². The number of nitrogens with one attached hydrogen (secondary N) is 1. The topological polar surface area (TPSA) is 64.1 Å². The number of nitrogens with zero attached hydrogens (tertiary/aromatic N) is 2. The molecule has 0 radical (unpaired) electrons. The molecule has 0 unspecified atom stereocenters. The van der Waals surface area contributed by atoms with Gasteiger partial charge in [-0.05, 0) is 25.5 Å². The molecule has 0 saturated heterocycles. The molecule has 3 aromatic rings. The van der Waals surface area contributed by atoms with Gasteiger partial charge in [0.05, 0.1) is 5.69 Å². The number of ketones is 1. The molecule has 0 spiro atoms. The van der Waals surface area contributed by atoms with Crippen molar-refractivity contribution in [3.8, 4) is 5.75 Å². The van der Waals surface area contributed by atoms with Crippen LogP contribution in [0.5, 0.6) is 5.75 Å². The maximum atomic E-state index is 11.6. The number of Topliss-reactive ketones (excluding diaryl/α,β-unsaturated/α-hetero) is 1. The summed E-state index contributed by atoms with van der Waals surface area (Å²) in [5, 5.41) is 5.85. The Hall–Kier alpha value is -2.73. The van der Waals surface area contributed by atoms with Gasteiger partial charge in [0, 0.05) is 17.1 Å². The van der Waals surface area contributed by atoms with E-state index < -0.39 is 0 Å². The lowest BCUT2D eigenvalue weighted by atomic mass is 10.2. The van der Waals surface area contributed by atoms with E-state index in [4.69, 9.17) is 4.74 Å². The number of benzene rings is 1. The zero-order valence-corrected chi connectivity index (χ0v) is 14.3. The second kappa shape index (κ2) is 7.23. The van der Waals surface area contributed by atoms with Crippen molar-refractivity contribution in [2.45, 2.75) is 20.5 Å². The van der Waals surface area contributed by atoms with Crippen LogP contribution in [0.15, 0.2) is 48.0 Å². The van der Waals surface area contributed by atoms with E-state index in [1.807, 2.05) is 42.6 Å². The lowest BCUT2D eigenvalue weighted by molar-refractivity contribution is 0.101. The van der Waals surface area contributed by atoms with Crippen LogP contribution in [0.1, 0.15) is 28.5 Å². The van der Waals surface area contributed by atoms with Crippen LogP contribution in [0.4, 0.5) is 10.9 Å². The number of hydrogen-bond donors (Lipinski definition) is 1. The average molecular weight is 339 g/mol. The number of thiazole rings is 1. The molecular weight excluding hydrogens is 322 g/mol. The van der Waals surface area contributed by atoms with Crippen LogP contribution in [-0.2, 0) is 6.61 Å². The standard InChI is InChI=1S/C18H17N3O2S/c1-12-11-24-18(20-12)21-17-16(8-15(9-19-17)13(2)22)23-10-14-6-4-3-5-7-14/h3-9,11H,10H2,1-2H3,(H,19,20,21). The monoisotopic (exact) mass is 339 g/mol. The molecule has 6 heteroatoms. The summed E-state index contributed by atoms with van der Waals surface area (Å²) < 4.78 is 5.89. The van der Waals surface area contributed by atoms with Gasteiger partial charge in [0.15, 0.2) is 22.5 Å². The molecule has 0 saturated carbocycles. The van der Waals surface area contributed by atoms with E-state index in [0.717, 1.165) is 16.4 Å². The fourth-order valence-electron chi connectivity index (χ4n) is 2.09. The van der Waals surface area contributed by atoms with Gasteiger partial charge in [-0.3, -0.25) is 4.79 Å². The van der Waals surface area contributed by atoms with Crippen LogP contribution in [0.3, 0.4) is 0 Å². The Morgan fingerprint density at radius 3 is 2.75 bits per heavy atom. The molecule has 122 valence electrons. The normalized spacial score (nSPS) is 10.4. The summed E-state index contributed by atoms with van der Waals surface area (Å²) in [7, 11) is 0. The second-order valence-corrected chi connectivity index (χ2v) is 6.18. The van der Waals surface area contributed by atoms with E-state index in [-0.39, 0.29) is 5.78 Å². The Morgan fingerprint density at radius 1 is 1.29 bits per heavy atom. The van der Waals surface area contributed by atoms with E-state index >= 15 is 0 Å². The van der Waals surface area contributed by atoms with Crippen LogP contribution in [-0.4, -0.2) is 15.8 Å².